The summed E-state index contributed by atoms with van der Waals surface area (Å²) in [6.45, 7) is 5.23. The number of aromatic amines is 1. The highest BCUT2D eigenvalue weighted by molar-refractivity contribution is 7.99. The summed E-state index contributed by atoms with van der Waals surface area (Å²) in [6.07, 6.45) is 0. The number of nitrogens with one attached hydrogen (secondary N) is 1. The fourth-order valence-corrected chi connectivity index (χ4v) is 3.81. The van der Waals surface area contributed by atoms with Crippen LogP contribution in [0.25, 0.3) is 11.5 Å². The first-order valence-corrected chi connectivity index (χ1v) is 9.52. The number of benzene rings is 1. The third-order valence-electron chi connectivity index (χ3n) is 4.42. The number of carbonyl (C=O) groups is 2. The van der Waals surface area contributed by atoms with Crippen molar-refractivity contribution in [3.8, 4) is 23.0 Å². The second-order valence-corrected chi connectivity index (χ2v) is 7.26. The maximum Gasteiger partial charge on any atom is 0.277 e. The SMILES string of the molecule is CC(=O)c1c(C)[nH]c(C(=O)CSc2nnc(-c3ccc4c(c3)OCO4)o2)c1C. The Morgan fingerprint density at radius 3 is 2.71 bits per heavy atom. The van der Waals surface area contributed by atoms with Crippen molar-refractivity contribution in [1.82, 2.24) is 15.2 Å². The van der Waals surface area contributed by atoms with Crippen LogP contribution in [-0.4, -0.2) is 39.3 Å². The number of thioether (sulfide) groups is 1. The molecular formula is C19H17N3O5S. The van der Waals surface area contributed by atoms with Gasteiger partial charge in [0.15, 0.2) is 23.1 Å². The Kier molecular flexibility index (Phi) is 4.68. The van der Waals surface area contributed by atoms with Crippen LogP contribution in [0, 0.1) is 13.8 Å². The van der Waals surface area contributed by atoms with Gasteiger partial charge >= 0.3 is 0 Å². The van der Waals surface area contributed by atoms with Crippen molar-refractivity contribution >= 4 is 23.3 Å². The quantitative estimate of drug-likeness (QED) is 0.495. The second kappa shape index (κ2) is 7.16. The van der Waals surface area contributed by atoms with Crippen molar-refractivity contribution in [3.05, 3.63) is 40.7 Å². The normalized spacial score (nSPS) is 12.4. The van der Waals surface area contributed by atoms with E-state index in [0.29, 0.717) is 45.5 Å². The van der Waals surface area contributed by atoms with Crippen LogP contribution in [0.4, 0.5) is 0 Å². The Labute approximate surface area is 164 Å². The van der Waals surface area contributed by atoms with Gasteiger partial charge in [0, 0.05) is 16.8 Å². The number of aryl methyl sites for hydroxylation is 1. The highest BCUT2D eigenvalue weighted by Crippen LogP contribution is 2.36. The number of ether oxygens (including phenoxy) is 2. The molecule has 4 rings (SSSR count). The van der Waals surface area contributed by atoms with Crippen molar-refractivity contribution in [3.63, 3.8) is 0 Å². The van der Waals surface area contributed by atoms with Gasteiger partial charge in [-0.1, -0.05) is 11.8 Å². The largest absolute Gasteiger partial charge is 0.454 e. The van der Waals surface area contributed by atoms with E-state index in [9.17, 15) is 9.59 Å². The summed E-state index contributed by atoms with van der Waals surface area (Å²) in [5.41, 5.74) is 3.07. The predicted octanol–water partition coefficient (Wildman–Crippen LogP) is 3.59. The number of rotatable bonds is 6. The molecule has 2 aromatic heterocycles. The first-order chi connectivity index (χ1) is 13.4. The van der Waals surface area contributed by atoms with Gasteiger partial charge in [-0.15, -0.1) is 10.2 Å². The second-order valence-electron chi connectivity index (χ2n) is 6.33. The average molecular weight is 399 g/mol. The summed E-state index contributed by atoms with van der Waals surface area (Å²) in [5.74, 6) is 1.54. The minimum Gasteiger partial charge on any atom is -0.454 e. The number of aromatic nitrogens is 3. The first-order valence-electron chi connectivity index (χ1n) is 8.53. The van der Waals surface area contributed by atoms with Crippen LogP contribution < -0.4 is 9.47 Å². The molecule has 0 unspecified atom stereocenters. The molecule has 3 aromatic rings. The lowest BCUT2D eigenvalue weighted by Crippen LogP contribution is -2.05. The highest BCUT2D eigenvalue weighted by atomic mass is 32.2. The lowest BCUT2D eigenvalue weighted by atomic mass is 10.1. The van der Waals surface area contributed by atoms with Gasteiger partial charge in [0.05, 0.1) is 11.4 Å². The zero-order valence-corrected chi connectivity index (χ0v) is 16.3. The van der Waals surface area contributed by atoms with Gasteiger partial charge in [0.25, 0.3) is 5.22 Å². The zero-order valence-electron chi connectivity index (χ0n) is 15.5. The summed E-state index contributed by atoms with van der Waals surface area (Å²) in [6, 6.07) is 5.35. The van der Waals surface area contributed by atoms with E-state index in [-0.39, 0.29) is 29.3 Å². The molecule has 9 heteroatoms. The number of carbonyl (C=O) groups excluding carboxylic acids is 2. The minimum absolute atomic E-state index is 0.0665. The molecule has 28 heavy (non-hydrogen) atoms. The molecule has 1 aliphatic rings. The van der Waals surface area contributed by atoms with Crippen molar-refractivity contribution < 1.29 is 23.5 Å². The standard InChI is InChI=1S/C19H17N3O5S/c1-9-16(11(3)23)10(2)20-17(9)13(24)7-28-19-22-21-18(27-19)12-4-5-14-15(6-12)26-8-25-14/h4-6,20H,7-8H2,1-3H3. The molecular weight excluding hydrogens is 382 g/mol. The summed E-state index contributed by atoms with van der Waals surface area (Å²) < 4.78 is 16.3. The van der Waals surface area contributed by atoms with Crippen LogP contribution in [0.5, 0.6) is 11.5 Å². The molecule has 0 saturated carbocycles. The van der Waals surface area contributed by atoms with E-state index in [1.807, 2.05) is 0 Å². The zero-order chi connectivity index (χ0) is 19.8. The minimum atomic E-state index is -0.138. The highest BCUT2D eigenvalue weighted by Gasteiger charge is 2.21. The number of nitrogens with zero attached hydrogens (tertiary/aromatic N) is 2. The first kappa shape index (κ1) is 18.3. The third-order valence-corrected chi connectivity index (χ3v) is 5.24. The number of hydrogen-bond acceptors (Lipinski definition) is 8. The molecule has 1 N–H and O–H groups in total. The van der Waals surface area contributed by atoms with Crippen molar-refractivity contribution in [2.24, 2.45) is 0 Å². The Morgan fingerprint density at radius 2 is 1.96 bits per heavy atom. The average Bonchev–Trinajstić information content (AvgIpc) is 3.37. The molecule has 0 aliphatic carbocycles. The molecule has 3 heterocycles. The number of Topliss-reactive ketones (excluding diaryl/α,β-unsaturated/α-hetero) is 2. The third kappa shape index (κ3) is 3.29. The topological polar surface area (TPSA) is 107 Å². The van der Waals surface area contributed by atoms with E-state index >= 15 is 0 Å². The van der Waals surface area contributed by atoms with Crippen LogP contribution in [0.15, 0.2) is 27.8 Å². The molecule has 8 nitrogen and oxygen atoms in total. The van der Waals surface area contributed by atoms with Crippen LogP contribution in [-0.2, 0) is 0 Å². The molecule has 1 aliphatic heterocycles. The molecule has 144 valence electrons. The van der Waals surface area contributed by atoms with Crippen LogP contribution in [0.1, 0.15) is 39.0 Å². The fourth-order valence-electron chi connectivity index (χ4n) is 3.17. The molecule has 0 spiro atoms. The summed E-state index contributed by atoms with van der Waals surface area (Å²) in [4.78, 5) is 27.3. The van der Waals surface area contributed by atoms with E-state index in [1.165, 1.54) is 6.92 Å². The number of fused-ring (bicyclic) bond motifs is 1. The monoisotopic (exact) mass is 399 g/mol. The van der Waals surface area contributed by atoms with Crippen LogP contribution in [0.3, 0.4) is 0 Å². The van der Waals surface area contributed by atoms with E-state index < -0.39 is 0 Å². The maximum atomic E-state index is 12.5. The molecule has 0 atom stereocenters. The summed E-state index contributed by atoms with van der Waals surface area (Å²) >= 11 is 1.15. The molecule has 0 fully saturated rings. The smallest absolute Gasteiger partial charge is 0.277 e. The summed E-state index contributed by atoms with van der Waals surface area (Å²) in [7, 11) is 0. The predicted molar refractivity (Wildman–Crippen MR) is 101 cm³/mol. The van der Waals surface area contributed by atoms with E-state index in [4.69, 9.17) is 13.9 Å². The van der Waals surface area contributed by atoms with Crippen LogP contribution >= 0.6 is 11.8 Å². The van der Waals surface area contributed by atoms with Gasteiger partial charge in [0.1, 0.15) is 0 Å². The Hall–Kier alpha value is -3.07. The van der Waals surface area contributed by atoms with Gasteiger partial charge in [-0.25, -0.2) is 0 Å². The Morgan fingerprint density at radius 1 is 1.18 bits per heavy atom. The van der Waals surface area contributed by atoms with Crippen LogP contribution in [0.2, 0.25) is 0 Å². The number of ketones is 2. The van der Waals surface area contributed by atoms with Gasteiger partial charge in [-0.3, -0.25) is 9.59 Å². The molecule has 0 amide bonds. The Bertz CT molecular complexity index is 1090. The molecule has 0 bridgehead atoms. The Balaban J connectivity index is 1.46. The molecule has 0 radical (unpaired) electrons. The van der Waals surface area contributed by atoms with Crippen molar-refractivity contribution in [1.29, 1.82) is 0 Å². The van der Waals surface area contributed by atoms with E-state index in [1.54, 1.807) is 32.0 Å². The van der Waals surface area contributed by atoms with E-state index in [2.05, 4.69) is 15.2 Å². The molecule has 0 saturated heterocycles. The molecule has 1 aromatic carbocycles. The lowest BCUT2D eigenvalue weighted by Gasteiger charge is -1.99. The van der Waals surface area contributed by atoms with Gasteiger partial charge < -0.3 is 18.9 Å². The van der Waals surface area contributed by atoms with Crippen molar-refractivity contribution in [2.45, 2.75) is 26.0 Å². The summed E-state index contributed by atoms with van der Waals surface area (Å²) in [5, 5.41) is 8.29. The lowest BCUT2D eigenvalue weighted by molar-refractivity contribution is 0.101. The van der Waals surface area contributed by atoms with Crippen molar-refractivity contribution in [2.75, 3.05) is 12.5 Å². The number of hydrogen-bond donors (Lipinski definition) is 1. The van der Waals surface area contributed by atoms with Gasteiger partial charge in [-0.2, -0.15) is 0 Å². The van der Waals surface area contributed by atoms with Gasteiger partial charge in [-0.05, 0) is 44.5 Å². The number of H-pyrrole nitrogens is 1. The van der Waals surface area contributed by atoms with E-state index in [0.717, 1.165) is 11.8 Å². The fraction of sp³-hybridized carbons (Fsp3) is 0.263. The van der Waals surface area contributed by atoms with Gasteiger partial charge in [0.2, 0.25) is 12.7 Å². The maximum absolute atomic E-state index is 12.5.